The number of benzene rings is 2. The molecule has 0 saturated carbocycles. The maximum Gasteiger partial charge on any atom is 0.180 e. The summed E-state index contributed by atoms with van der Waals surface area (Å²) < 4.78 is 10.4. The van der Waals surface area contributed by atoms with Gasteiger partial charge < -0.3 is 9.47 Å². The number of methoxy groups -OCH3 is 2. The zero-order valence-electron chi connectivity index (χ0n) is 11.8. The van der Waals surface area contributed by atoms with Crippen molar-refractivity contribution in [3.05, 3.63) is 53.1 Å². The molecule has 3 nitrogen and oxygen atoms in total. The molecule has 5 heteroatoms. The van der Waals surface area contributed by atoms with Crippen LogP contribution in [0.2, 0.25) is 5.02 Å². The Kier molecular flexibility index (Phi) is 5.53. The zero-order chi connectivity index (χ0) is 15.2. The van der Waals surface area contributed by atoms with Gasteiger partial charge in [-0.05, 0) is 12.1 Å². The van der Waals surface area contributed by atoms with Gasteiger partial charge in [0.2, 0.25) is 0 Å². The highest BCUT2D eigenvalue weighted by Crippen LogP contribution is 2.41. The van der Waals surface area contributed by atoms with Gasteiger partial charge in [-0.3, -0.25) is 4.79 Å². The van der Waals surface area contributed by atoms with Gasteiger partial charge in [-0.2, -0.15) is 0 Å². The van der Waals surface area contributed by atoms with Crippen molar-refractivity contribution in [2.75, 3.05) is 20.0 Å². The number of thioether (sulfide) groups is 1. The van der Waals surface area contributed by atoms with E-state index in [1.165, 1.54) is 18.9 Å². The molecule has 0 amide bonds. The van der Waals surface area contributed by atoms with E-state index in [-0.39, 0.29) is 5.78 Å². The first-order chi connectivity index (χ1) is 10.2. The largest absolute Gasteiger partial charge is 0.493 e. The van der Waals surface area contributed by atoms with Crippen LogP contribution in [0.1, 0.15) is 10.4 Å². The van der Waals surface area contributed by atoms with Gasteiger partial charge in [0.15, 0.2) is 17.3 Å². The molecule has 0 unspecified atom stereocenters. The molecule has 0 aliphatic carbocycles. The third-order valence-electron chi connectivity index (χ3n) is 2.90. The number of ketones is 1. The maximum absolute atomic E-state index is 12.1. The summed E-state index contributed by atoms with van der Waals surface area (Å²) >= 11 is 7.67. The molecule has 2 rings (SSSR count). The summed E-state index contributed by atoms with van der Waals surface area (Å²) in [5.74, 6) is 1.43. The number of ether oxygens (including phenoxy) is 2. The number of carbonyl (C=O) groups is 1. The summed E-state index contributed by atoms with van der Waals surface area (Å²) in [6.07, 6.45) is 0. The molecule has 2 aromatic carbocycles. The van der Waals surface area contributed by atoms with Crippen LogP contribution in [0.5, 0.6) is 11.5 Å². The summed E-state index contributed by atoms with van der Waals surface area (Å²) in [6.45, 7) is 0. The first-order valence-corrected chi connectivity index (χ1v) is 7.65. The fraction of sp³-hybridized carbons (Fsp3) is 0.188. The van der Waals surface area contributed by atoms with Crippen LogP contribution < -0.4 is 9.47 Å². The Morgan fingerprint density at radius 2 is 1.81 bits per heavy atom. The lowest BCUT2D eigenvalue weighted by molar-refractivity contribution is 0.102. The molecule has 0 saturated heterocycles. The number of carbonyl (C=O) groups excluding carboxylic acids is 1. The second kappa shape index (κ2) is 7.38. The fourth-order valence-electron chi connectivity index (χ4n) is 1.83. The predicted octanol–water partition coefficient (Wildman–Crippen LogP) is 4.33. The van der Waals surface area contributed by atoms with Crippen molar-refractivity contribution in [1.82, 2.24) is 0 Å². The number of rotatable bonds is 6. The van der Waals surface area contributed by atoms with E-state index >= 15 is 0 Å². The summed E-state index contributed by atoms with van der Waals surface area (Å²) in [5.41, 5.74) is 0.696. The molecule has 0 N–H and O–H groups in total. The molecular formula is C16H15ClO3S. The van der Waals surface area contributed by atoms with Gasteiger partial charge in [0.05, 0.1) is 20.0 Å². The molecule has 0 atom stereocenters. The molecule has 0 aliphatic rings. The Hall–Kier alpha value is -1.65. The van der Waals surface area contributed by atoms with E-state index in [2.05, 4.69) is 0 Å². The van der Waals surface area contributed by atoms with E-state index in [9.17, 15) is 4.79 Å². The third-order valence-corrected chi connectivity index (χ3v) is 4.45. The van der Waals surface area contributed by atoms with Crippen LogP contribution >= 0.6 is 23.4 Å². The summed E-state index contributed by atoms with van der Waals surface area (Å²) in [4.78, 5) is 12.9. The number of Topliss-reactive ketones (excluding diaryl/α,β-unsaturated/α-hetero) is 1. The number of hydrogen-bond donors (Lipinski definition) is 0. The van der Waals surface area contributed by atoms with Gasteiger partial charge in [0, 0.05) is 10.5 Å². The lowest BCUT2D eigenvalue weighted by atomic mass is 10.2. The minimum Gasteiger partial charge on any atom is -0.493 e. The molecule has 0 aliphatic heterocycles. The lowest BCUT2D eigenvalue weighted by Crippen LogP contribution is -2.02. The molecule has 21 heavy (non-hydrogen) atoms. The first kappa shape index (κ1) is 15.7. The molecule has 0 spiro atoms. The van der Waals surface area contributed by atoms with Crippen LogP contribution in [0.4, 0.5) is 0 Å². The summed E-state index contributed by atoms with van der Waals surface area (Å²) in [6, 6.07) is 12.8. The first-order valence-electron chi connectivity index (χ1n) is 6.29. The van der Waals surface area contributed by atoms with Gasteiger partial charge in [-0.15, -0.1) is 11.8 Å². The number of hydrogen-bond acceptors (Lipinski definition) is 4. The SMILES string of the molecule is COc1ccc(SCC(=O)c2ccccc2)c(Cl)c1OC. The van der Waals surface area contributed by atoms with Crippen molar-refractivity contribution in [2.45, 2.75) is 4.90 Å². The molecule has 0 bridgehead atoms. The van der Waals surface area contributed by atoms with E-state index in [1.807, 2.05) is 24.3 Å². The maximum atomic E-state index is 12.1. The summed E-state index contributed by atoms with van der Waals surface area (Å²) in [7, 11) is 3.09. The van der Waals surface area contributed by atoms with Crippen molar-refractivity contribution in [2.24, 2.45) is 0 Å². The van der Waals surface area contributed by atoms with Crippen molar-refractivity contribution in [1.29, 1.82) is 0 Å². The van der Waals surface area contributed by atoms with Crippen LogP contribution in [-0.2, 0) is 0 Å². The van der Waals surface area contributed by atoms with Crippen LogP contribution in [0.3, 0.4) is 0 Å². The van der Waals surface area contributed by atoms with Crippen molar-refractivity contribution >= 4 is 29.1 Å². The monoisotopic (exact) mass is 322 g/mol. The topological polar surface area (TPSA) is 35.5 Å². The van der Waals surface area contributed by atoms with Crippen molar-refractivity contribution in [3.63, 3.8) is 0 Å². The second-order valence-electron chi connectivity index (χ2n) is 4.19. The van der Waals surface area contributed by atoms with Gasteiger partial charge in [-0.25, -0.2) is 0 Å². The Morgan fingerprint density at radius 1 is 1.10 bits per heavy atom. The molecule has 110 valence electrons. The van der Waals surface area contributed by atoms with E-state index < -0.39 is 0 Å². The Morgan fingerprint density at radius 3 is 2.43 bits per heavy atom. The fourth-order valence-corrected chi connectivity index (χ4v) is 3.07. The van der Waals surface area contributed by atoms with Crippen LogP contribution in [0.25, 0.3) is 0 Å². The van der Waals surface area contributed by atoms with Crippen LogP contribution in [0.15, 0.2) is 47.4 Å². The van der Waals surface area contributed by atoms with Crippen molar-refractivity contribution < 1.29 is 14.3 Å². The van der Waals surface area contributed by atoms with Gasteiger partial charge in [0.25, 0.3) is 0 Å². The van der Waals surface area contributed by atoms with E-state index in [1.54, 1.807) is 25.3 Å². The zero-order valence-corrected chi connectivity index (χ0v) is 13.3. The Balaban J connectivity index is 2.12. The molecule has 0 radical (unpaired) electrons. The minimum absolute atomic E-state index is 0.0615. The molecule has 0 heterocycles. The molecule has 0 aromatic heterocycles. The smallest absolute Gasteiger partial charge is 0.180 e. The third kappa shape index (κ3) is 3.71. The highest BCUT2D eigenvalue weighted by molar-refractivity contribution is 8.00. The minimum atomic E-state index is 0.0615. The van der Waals surface area contributed by atoms with Gasteiger partial charge in [0.1, 0.15) is 5.02 Å². The normalized spacial score (nSPS) is 10.2. The van der Waals surface area contributed by atoms with E-state index in [0.29, 0.717) is 27.8 Å². The highest BCUT2D eigenvalue weighted by Gasteiger charge is 2.15. The van der Waals surface area contributed by atoms with Gasteiger partial charge in [-0.1, -0.05) is 41.9 Å². The standard InChI is InChI=1S/C16H15ClO3S/c1-19-13-8-9-14(15(17)16(13)20-2)21-10-12(18)11-6-4-3-5-7-11/h3-9H,10H2,1-2H3. The van der Waals surface area contributed by atoms with Crippen molar-refractivity contribution in [3.8, 4) is 11.5 Å². The van der Waals surface area contributed by atoms with Crippen LogP contribution in [-0.4, -0.2) is 25.8 Å². The molecule has 0 fully saturated rings. The summed E-state index contributed by atoms with van der Waals surface area (Å²) in [5, 5.41) is 0.461. The second-order valence-corrected chi connectivity index (χ2v) is 5.59. The van der Waals surface area contributed by atoms with Gasteiger partial charge >= 0.3 is 0 Å². The Labute approximate surface area is 133 Å². The molecule has 2 aromatic rings. The lowest BCUT2D eigenvalue weighted by Gasteiger charge is -2.12. The Bertz CT molecular complexity index is 629. The average Bonchev–Trinajstić information content (AvgIpc) is 2.53. The quantitative estimate of drug-likeness (QED) is 0.585. The predicted molar refractivity (Wildman–Crippen MR) is 86.1 cm³/mol. The van der Waals surface area contributed by atoms with E-state index in [4.69, 9.17) is 21.1 Å². The van der Waals surface area contributed by atoms with Crippen LogP contribution in [0, 0.1) is 0 Å². The number of halogens is 1. The average molecular weight is 323 g/mol. The molecular weight excluding hydrogens is 308 g/mol. The highest BCUT2D eigenvalue weighted by atomic mass is 35.5. The van der Waals surface area contributed by atoms with E-state index in [0.717, 1.165) is 4.90 Å².